The molecule has 2 heterocycles. The van der Waals surface area contributed by atoms with Crippen LogP contribution >= 0.6 is 12.4 Å². The van der Waals surface area contributed by atoms with Crippen LogP contribution in [0.2, 0.25) is 0 Å². The summed E-state index contributed by atoms with van der Waals surface area (Å²) >= 11 is 0. The molecule has 1 N–H and O–H groups in total. The van der Waals surface area contributed by atoms with Crippen LogP contribution < -0.4 is 10.1 Å². The van der Waals surface area contributed by atoms with Crippen LogP contribution in [0.15, 0.2) is 24.3 Å². The molecule has 0 radical (unpaired) electrons. The molecule has 0 aliphatic carbocycles. The number of nitrogens with one attached hydrogen (secondary N) is 1. The first-order valence-electron chi connectivity index (χ1n) is 10.0. The summed E-state index contributed by atoms with van der Waals surface area (Å²) in [5.74, 6) is 1.62. The maximum atomic E-state index is 12.8. The van der Waals surface area contributed by atoms with Crippen molar-refractivity contribution in [3.05, 3.63) is 29.8 Å². The zero-order valence-electron chi connectivity index (χ0n) is 16.9. The molecule has 28 heavy (non-hydrogen) atoms. The molecule has 0 aromatic heterocycles. The van der Waals surface area contributed by atoms with E-state index in [1.54, 1.807) is 0 Å². The van der Waals surface area contributed by atoms with Crippen LogP contribution in [0.4, 0.5) is 0 Å². The molecule has 1 aromatic carbocycles. The van der Waals surface area contributed by atoms with E-state index in [0.717, 1.165) is 43.8 Å². The average molecular weight is 410 g/mol. The van der Waals surface area contributed by atoms with Crippen molar-refractivity contribution in [2.45, 2.75) is 39.2 Å². The van der Waals surface area contributed by atoms with Gasteiger partial charge in [0.2, 0.25) is 11.8 Å². The van der Waals surface area contributed by atoms with Gasteiger partial charge in [0.1, 0.15) is 5.75 Å². The predicted octanol–water partition coefficient (Wildman–Crippen LogP) is 2.11. The number of carbonyl (C=O) groups excluding carboxylic acids is 2. The van der Waals surface area contributed by atoms with Gasteiger partial charge >= 0.3 is 0 Å². The van der Waals surface area contributed by atoms with E-state index in [4.69, 9.17) is 4.74 Å². The van der Waals surface area contributed by atoms with Gasteiger partial charge in [0.15, 0.2) is 0 Å². The molecule has 1 unspecified atom stereocenters. The number of rotatable bonds is 6. The molecule has 2 aliphatic heterocycles. The molecule has 2 amide bonds. The topological polar surface area (TPSA) is 61.9 Å². The van der Waals surface area contributed by atoms with E-state index < -0.39 is 0 Å². The van der Waals surface area contributed by atoms with Gasteiger partial charge in [-0.2, -0.15) is 0 Å². The fraction of sp³-hybridized carbons (Fsp3) is 0.619. The molecule has 0 saturated carbocycles. The third-order valence-corrected chi connectivity index (χ3v) is 5.18. The van der Waals surface area contributed by atoms with Gasteiger partial charge in [0, 0.05) is 32.2 Å². The average Bonchev–Trinajstić information content (AvgIpc) is 2.68. The Kier molecular flexibility index (Phi) is 8.58. The first kappa shape index (κ1) is 22.5. The van der Waals surface area contributed by atoms with Crippen LogP contribution in [0.25, 0.3) is 0 Å². The smallest absolute Gasteiger partial charge is 0.236 e. The van der Waals surface area contributed by atoms with E-state index in [0.29, 0.717) is 32.0 Å². The lowest BCUT2D eigenvalue weighted by Crippen LogP contribution is -2.57. The van der Waals surface area contributed by atoms with E-state index in [9.17, 15) is 9.59 Å². The molecule has 2 fully saturated rings. The van der Waals surface area contributed by atoms with Gasteiger partial charge in [-0.3, -0.25) is 9.59 Å². The summed E-state index contributed by atoms with van der Waals surface area (Å²) in [6.07, 6.45) is 2.33. The Morgan fingerprint density at radius 3 is 2.68 bits per heavy atom. The number of ether oxygens (including phenoxy) is 1. The lowest BCUT2D eigenvalue weighted by molar-refractivity contribution is -0.140. The van der Waals surface area contributed by atoms with Crippen molar-refractivity contribution < 1.29 is 14.3 Å². The van der Waals surface area contributed by atoms with Crippen LogP contribution in [0, 0.1) is 5.92 Å². The monoisotopic (exact) mass is 409 g/mol. The van der Waals surface area contributed by atoms with Gasteiger partial charge in [-0.05, 0) is 36.5 Å². The van der Waals surface area contributed by atoms with Gasteiger partial charge in [0.05, 0.1) is 19.6 Å². The van der Waals surface area contributed by atoms with E-state index >= 15 is 0 Å². The molecule has 2 saturated heterocycles. The second-order valence-electron chi connectivity index (χ2n) is 7.93. The van der Waals surface area contributed by atoms with Crippen molar-refractivity contribution in [2.24, 2.45) is 5.92 Å². The highest BCUT2D eigenvalue weighted by atomic mass is 35.5. The molecule has 156 valence electrons. The summed E-state index contributed by atoms with van der Waals surface area (Å²) in [5, 5.41) is 3.11. The van der Waals surface area contributed by atoms with Gasteiger partial charge < -0.3 is 19.9 Å². The van der Waals surface area contributed by atoms with Crippen molar-refractivity contribution in [1.82, 2.24) is 15.1 Å². The van der Waals surface area contributed by atoms with Gasteiger partial charge in [0.25, 0.3) is 0 Å². The lowest BCUT2D eigenvalue weighted by Gasteiger charge is -2.41. The van der Waals surface area contributed by atoms with E-state index in [1.807, 2.05) is 34.1 Å². The Morgan fingerprint density at radius 2 is 2.00 bits per heavy atom. The Morgan fingerprint density at radius 1 is 1.25 bits per heavy atom. The number of amides is 2. The van der Waals surface area contributed by atoms with E-state index in [2.05, 4.69) is 19.2 Å². The third kappa shape index (κ3) is 6.11. The number of halogens is 1. The summed E-state index contributed by atoms with van der Waals surface area (Å²) < 4.78 is 5.70. The van der Waals surface area contributed by atoms with Gasteiger partial charge in [-0.1, -0.05) is 26.0 Å². The number of nitrogens with zero attached hydrogens (tertiary/aromatic N) is 2. The quantitative estimate of drug-likeness (QED) is 0.781. The van der Waals surface area contributed by atoms with Crippen LogP contribution in [0.3, 0.4) is 0 Å². The predicted molar refractivity (Wildman–Crippen MR) is 112 cm³/mol. The molecule has 0 bridgehead atoms. The number of carbonyl (C=O) groups is 2. The highest BCUT2D eigenvalue weighted by Crippen LogP contribution is 2.19. The Hall–Kier alpha value is -1.79. The summed E-state index contributed by atoms with van der Waals surface area (Å²) in [4.78, 5) is 28.8. The minimum atomic E-state index is 0. The molecule has 1 aromatic rings. The molecule has 6 nitrogen and oxygen atoms in total. The number of benzene rings is 1. The highest BCUT2D eigenvalue weighted by Gasteiger charge is 2.31. The number of piperidine rings is 1. The fourth-order valence-corrected chi connectivity index (χ4v) is 3.70. The van der Waals surface area contributed by atoms with Crippen molar-refractivity contribution >= 4 is 24.2 Å². The molecule has 3 rings (SSSR count). The second-order valence-corrected chi connectivity index (χ2v) is 7.93. The number of hydrogen-bond donors (Lipinski definition) is 1. The summed E-state index contributed by atoms with van der Waals surface area (Å²) in [7, 11) is 0. The fourth-order valence-electron chi connectivity index (χ4n) is 3.70. The first-order chi connectivity index (χ1) is 13.0. The van der Waals surface area contributed by atoms with Crippen LogP contribution in [0.5, 0.6) is 5.75 Å². The van der Waals surface area contributed by atoms with Crippen molar-refractivity contribution in [1.29, 1.82) is 0 Å². The first-order valence-corrected chi connectivity index (χ1v) is 10.0. The molecule has 2 aliphatic rings. The zero-order chi connectivity index (χ0) is 19.2. The minimum absolute atomic E-state index is 0. The zero-order valence-corrected chi connectivity index (χ0v) is 17.7. The van der Waals surface area contributed by atoms with Crippen molar-refractivity contribution in [3.8, 4) is 5.75 Å². The van der Waals surface area contributed by atoms with Gasteiger partial charge in [-0.15, -0.1) is 12.4 Å². The summed E-state index contributed by atoms with van der Waals surface area (Å²) in [6.45, 7) is 8.35. The highest BCUT2D eigenvalue weighted by molar-refractivity contribution is 5.85. The Balaban J connectivity index is 0.00000280. The van der Waals surface area contributed by atoms with Crippen molar-refractivity contribution in [2.75, 3.05) is 39.3 Å². The van der Waals surface area contributed by atoms with Crippen molar-refractivity contribution in [3.63, 3.8) is 0 Å². The molecular formula is C21H32ClN3O3. The maximum absolute atomic E-state index is 12.8. The standard InChI is InChI=1S/C21H31N3O3.ClH/c1-16(2)15-27-19-7-5-17(6-8-19)12-20(25)23-10-3-4-18(14-23)24-11-9-22-13-21(24)26;/h5-8,16,18,22H,3-4,9-15H2,1-2H3;1H. The van der Waals surface area contributed by atoms with E-state index in [-0.39, 0.29) is 30.3 Å². The van der Waals surface area contributed by atoms with Crippen LogP contribution in [0.1, 0.15) is 32.3 Å². The largest absolute Gasteiger partial charge is 0.493 e. The Bertz CT molecular complexity index is 651. The Labute approximate surface area is 174 Å². The molecule has 1 atom stereocenters. The van der Waals surface area contributed by atoms with Crippen LogP contribution in [-0.4, -0.2) is 67.0 Å². The lowest BCUT2D eigenvalue weighted by atomic mass is 10.0. The third-order valence-electron chi connectivity index (χ3n) is 5.18. The number of hydrogen-bond acceptors (Lipinski definition) is 4. The normalized spacial score (nSPS) is 20.1. The van der Waals surface area contributed by atoms with Gasteiger partial charge in [-0.25, -0.2) is 0 Å². The summed E-state index contributed by atoms with van der Waals surface area (Å²) in [5.41, 5.74) is 0.997. The molecule has 7 heteroatoms. The minimum Gasteiger partial charge on any atom is -0.493 e. The number of piperazine rings is 1. The van der Waals surface area contributed by atoms with E-state index in [1.165, 1.54) is 0 Å². The number of likely N-dealkylation sites (tertiary alicyclic amines) is 1. The molecule has 0 spiro atoms. The summed E-state index contributed by atoms with van der Waals surface area (Å²) in [6, 6.07) is 7.96. The van der Waals surface area contributed by atoms with Crippen LogP contribution in [-0.2, 0) is 16.0 Å². The maximum Gasteiger partial charge on any atom is 0.236 e. The SMILES string of the molecule is CC(C)COc1ccc(CC(=O)N2CCCC(N3CCNCC3=O)C2)cc1.Cl. The molecular weight excluding hydrogens is 378 g/mol. The second kappa shape index (κ2) is 10.7.